The molecule has 0 spiro atoms. The quantitative estimate of drug-likeness (QED) is 0.552. The van der Waals surface area contributed by atoms with Gasteiger partial charge >= 0.3 is 0 Å². The maximum absolute atomic E-state index is 10.9. The zero-order chi connectivity index (χ0) is 8.27. The van der Waals surface area contributed by atoms with E-state index >= 15 is 0 Å². The molecule has 1 N–H and O–H groups in total. The predicted octanol–water partition coefficient (Wildman–Crippen LogP) is -0.645. The molecule has 0 aromatic carbocycles. The lowest BCUT2D eigenvalue weighted by Crippen LogP contribution is -2.32. The molecule has 0 bridgehead atoms. The van der Waals surface area contributed by atoms with Gasteiger partial charge in [-0.25, -0.2) is 0 Å². The van der Waals surface area contributed by atoms with Crippen LogP contribution in [0.5, 0.6) is 0 Å². The molecule has 1 heterocycles. The molecule has 2 amide bonds. The van der Waals surface area contributed by atoms with E-state index in [2.05, 4.69) is 5.32 Å². The summed E-state index contributed by atoms with van der Waals surface area (Å²) in [6, 6.07) is 0. The Balaban J connectivity index is 2.10. The average molecular weight is 156 g/mol. The standard InChI is InChI=1S/C7H12N2O2/c1-2-6(10)8-5-7(11)9-3-4-9/h2-5H2,1H3,(H,8,10). The van der Waals surface area contributed by atoms with E-state index in [1.54, 1.807) is 11.8 Å². The Bertz CT molecular complexity index is 175. The van der Waals surface area contributed by atoms with Gasteiger partial charge in [0.1, 0.15) is 0 Å². The van der Waals surface area contributed by atoms with E-state index < -0.39 is 0 Å². The summed E-state index contributed by atoms with van der Waals surface area (Å²) < 4.78 is 0. The highest BCUT2D eigenvalue weighted by Crippen LogP contribution is 2.01. The van der Waals surface area contributed by atoms with Crippen LogP contribution in [-0.4, -0.2) is 36.3 Å². The fraction of sp³-hybridized carbons (Fsp3) is 0.714. The molecular weight excluding hydrogens is 144 g/mol. The first-order valence-corrected chi connectivity index (χ1v) is 3.78. The van der Waals surface area contributed by atoms with Crippen LogP contribution in [0.3, 0.4) is 0 Å². The van der Waals surface area contributed by atoms with Gasteiger partial charge in [0, 0.05) is 19.5 Å². The van der Waals surface area contributed by atoms with E-state index in [-0.39, 0.29) is 18.4 Å². The van der Waals surface area contributed by atoms with E-state index in [0.29, 0.717) is 6.42 Å². The molecule has 1 rings (SSSR count). The zero-order valence-electron chi connectivity index (χ0n) is 6.59. The fourth-order valence-corrected chi connectivity index (χ4v) is 0.710. The molecule has 1 fully saturated rings. The Morgan fingerprint density at radius 1 is 1.45 bits per heavy atom. The van der Waals surface area contributed by atoms with Gasteiger partial charge in [-0.1, -0.05) is 6.92 Å². The summed E-state index contributed by atoms with van der Waals surface area (Å²) in [6.07, 6.45) is 0.438. The lowest BCUT2D eigenvalue weighted by Gasteiger charge is -2.02. The van der Waals surface area contributed by atoms with Crippen LogP contribution in [0.1, 0.15) is 13.3 Å². The molecule has 0 saturated carbocycles. The summed E-state index contributed by atoms with van der Waals surface area (Å²) in [5.41, 5.74) is 0. The Morgan fingerprint density at radius 3 is 2.55 bits per heavy atom. The number of hydrogen-bond acceptors (Lipinski definition) is 2. The van der Waals surface area contributed by atoms with E-state index in [4.69, 9.17) is 0 Å². The molecule has 0 radical (unpaired) electrons. The number of hydrogen-bond donors (Lipinski definition) is 1. The molecule has 1 saturated heterocycles. The summed E-state index contributed by atoms with van der Waals surface area (Å²) in [4.78, 5) is 23.3. The van der Waals surface area contributed by atoms with Crippen molar-refractivity contribution in [1.82, 2.24) is 10.2 Å². The summed E-state index contributed by atoms with van der Waals surface area (Å²) in [5.74, 6) is -0.0491. The summed E-state index contributed by atoms with van der Waals surface area (Å²) >= 11 is 0. The fourth-order valence-electron chi connectivity index (χ4n) is 0.710. The molecule has 4 heteroatoms. The van der Waals surface area contributed by atoms with Crippen molar-refractivity contribution in [2.45, 2.75) is 13.3 Å². The van der Waals surface area contributed by atoms with Gasteiger partial charge in [-0.15, -0.1) is 0 Å². The van der Waals surface area contributed by atoms with Crippen LogP contribution in [0.25, 0.3) is 0 Å². The van der Waals surface area contributed by atoms with Gasteiger partial charge in [0.15, 0.2) is 0 Å². The maximum Gasteiger partial charge on any atom is 0.242 e. The highest BCUT2D eigenvalue weighted by Gasteiger charge is 2.23. The molecule has 1 aliphatic heterocycles. The molecule has 4 nitrogen and oxygen atoms in total. The monoisotopic (exact) mass is 156 g/mol. The SMILES string of the molecule is CCC(=O)NCC(=O)N1CC1. The first-order valence-electron chi connectivity index (χ1n) is 3.78. The third kappa shape index (κ3) is 2.57. The van der Waals surface area contributed by atoms with Crippen molar-refractivity contribution in [3.8, 4) is 0 Å². The Morgan fingerprint density at radius 2 is 2.09 bits per heavy atom. The Hall–Kier alpha value is -1.06. The minimum absolute atomic E-state index is 0.0202. The van der Waals surface area contributed by atoms with Gasteiger partial charge in [-0.2, -0.15) is 0 Å². The number of carbonyl (C=O) groups excluding carboxylic acids is 2. The topological polar surface area (TPSA) is 49.2 Å². The van der Waals surface area contributed by atoms with Gasteiger partial charge in [-0.05, 0) is 0 Å². The maximum atomic E-state index is 10.9. The van der Waals surface area contributed by atoms with Gasteiger partial charge in [0.2, 0.25) is 11.8 Å². The lowest BCUT2D eigenvalue weighted by atomic mass is 10.4. The van der Waals surface area contributed by atoms with Crippen LogP contribution in [0.15, 0.2) is 0 Å². The minimum Gasteiger partial charge on any atom is -0.347 e. The molecule has 0 aliphatic carbocycles. The van der Waals surface area contributed by atoms with Crippen LogP contribution in [-0.2, 0) is 9.59 Å². The molecule has 11 heavy (non-hydrogen) atoms. The van der Waals surface area contributed by atoms with Crippen LogP contribution >= 0.6 is 0 Å². The van der Waals surface area contributed by atoms with Gasteiger partial charge in [0.25, 0.3) is 0 Å². The third-order valence-corrected chi connectivity index (χ3v) is 1.56. The molecule has 0 unspecified atom stereocenters. The Labute approximate surface area is 65.6 Å². The highest BCUT2D eigenvalue weighted by molar-refractivity contribution is 5.85. The summed E-state index contributed by atoms with van der Waals surface area (Å²) in [7, 11) is 0. The number of carbonyl (C=O) groups is 2. The Kier molecular flexibility index (Phi) is 2.46. The smallest absolute Gasteiger partial charge is 0.242 e. The van der Waals surface area contributed by atoms with Gasteiger partial charge in [0.05, 0.1) is 6.54 Å². The van der Waals surface area contributed by atoms with E-state index in [1.807, 2.05) is 0 Å². The second kappa shape index (κ2) is 3.37. The van der Waals surface area contributed by atoms with Crippen molar-refractivity contribution in [3.05, 3.63) is 0 Å². The van der Waals surface area contributed by atoms with E-state index in [9.17, 15) is 9.59 Å². The van der Waals surface area contributed by atoms with Crippen LogP contribution in [0.4, 0.5) is 0 Å². The lowest BCUT2D eigenvalue weighted by molar-refractivity contribution is -0.128. The van der Waals surface area contributed by atoms with Crippen LogP contribution in [0, 0.1) is 0 Å². The zero-order valence-corrected chi connectivity index (χ0v) is 6.59. The number of nitrogens with one attached hydrogen (secondary N) is 1. The van der Waals surface area contributed by atoms with E-state index in [1.165, 1.54) is 0 Å². The van der Waals surface area contributed by atoms with Crippen molar-refractivity contribution in [2.75, 3.05) is 19.6 Å². The van der Waals surface area contributed by atoms with Gasteiger partial charge < -0.3 is 10.2 Å². The van der Waals surface area contributed by atoms with Crippen molar-refractivity contribution in [1.29, 1.82) is 0 Å². The minimum atomic E-state index is -0.0693. The van der Waals surface area contributed by atoms with E-state index in [0.717, 1.165) is 13.1 Å². The third-order valence-electron chi connectivity index (χ3n) is 1.56. The van der Waals surface area contributed by atoms with Crippen molar-refractivity contribution < 1.29 is 9.59 Å². The summed E-state index contributed by atoms with van der Waals surface area (Å²) in [5, 5.41) is 2.52. The van der Waals surface area contributed by atoms with Crippen LogP contribution in [0.2, 0.25) is 0 Å². The second-order valence-corrected chi connectivity index (χ2v) is 2.51. The van der Waals surface area contributed by atoms with Gasteiger partial charge in [-0.3, -0.25) is 9.59 Å². The first-order chi connectivity index (χ1) is 5.24. The number of rotatable bonds is 3. The molecule has 0 atom stereocenters. The van der Waals surface area contributed by atoms with Crippen molar-refractivity contribution >= 4 is 11.8 Å². The molecule has 1 aliphatic rings. The molecule has 0 aromatic heterocycles. The van der Waals surface area contributed by atoms with Crippen LogP contribution < -0.4 is 5.32 Å². The first kappa shape index (κ1) is 8.04. The van der Waals surface area contributed by atoms with Crippen molar-refractivity contribution in [3.63, 3.8) is 0 Å². The predicted molar refractivity (Wildman–Crippen MR) is 39.9 cm³/mol. The number of amides is 2. The normalized spacial score (nSPS) is 14.5. The number of nitrogens with zero attached hydrogens (tertiary/aromatic N) is 1. The average Bonchev–Trinajstić information content (AvgIpc) is 2.81. The molecular formula is C7H12N2O2. The van der Waals surface area contributed by atoms with Crippen molar-refractivity contribution in [2.24, 2.45) is 0 Å². The highest BCUT2D eigenvalue weighted by atomic mass is 16.2. The molecule has 0 aromatic rings. The largest absolute Gasteiger partial charge is 0.347 e. The molecule has 62 valence electrons. The second-order valence-electron chi connectivity index (χ2n) is 2.51. The summed E-state index contributed by atoms with van der Waals surface area (Å²) in [6.45, 7) is 3.62.